The Morgan fingerprint density at radius 2 is 1.61 bits per heavy atom. The van der Waals surface area contributed by atoms with Crippen molar-refractivity contribution >= 4 is 0 Å². The first-order valence-electron chi connectivity index (χ1n) is 7.94. The number of aliphatic hydroxyl groups excluding tert-OH is 2. The molecule has 0 aromatic heterocycles. The zero-order valence-corrected chi connectivity index (χ0v) is 13.6. The van der Waals surface area contributed by atoms with Gasteiger partial charge in [-0.15, -0.1) is 0 Å². The molecule has 0 saturated carbocycles. The molecule has 3 N–H and O–H groups in total. The van der Waals surface area contributed by atoms with Gasteiger partial charge in [-0.1, -0.05) is 42.5 Å². The van der Waals surface area contributed by atoms with Crippen LogP contribution in [0.15, 0.2) is 54.6 Å². The molecule has 2 unspecified atom stereocenters. The smallest absolute Gasteiger partial charge is 0.194 e. The van der Waals surface area contributed by atoms with E-state index in [0.717, 1.165) is 12.0 Å². The monoisotopic (exact) mass is 315 g/mol. The standard InChI is InChI=1S/C19H25NO3/c1-14(20-13-19(22)17-6-4-3-5-7-17)12-16-8-10-18(11-9-16)23-15(2)21/h3-11,14-15,19-22H,12-13H2,1-2H3/t14?,15?,19-/m0/s1. The summed E-state index contributed by atoms with van der Waals surface area (Å²) in [5.41, 5.74) is 2.10. The van der Waals surface area contributed by atoms with Gasteiger partial charge in [-0.2, -0.15) is 0 Å². The van der Waals surface area contributed by atoms with Crippen LogP contribution in [0.3, 0.4) is 0 Å². The summed E-state index contributed by atoms with van der Waals surface area (Å²) in [5.74, 6) is 0.656. The van der Waals surface area contributed by atoms with Crippen molar-refractivity contribution in [2.45, 2.75) is 38.7 Å². The van der Waals surface area contributed by atoms with E-state index in [9.17, 15) is 10.2 Å². The molecule has 0 saturated heterocycles. The molecule has 0 aliphatic rings. The number of rotatable bonds is 8. The topological polar surface area (TPSA) is 61.7 Å². The highest BCUT2D eigenvalue weighted by atomic mass is 16.6. The molecule has 4 nitrogen and oxygen atoms in total. The SMILES string of the molecule is CC(Cc1ccc(OC(C)O)cc1)NC[C@H](O)c1ccccc1. The van der Waals surface area contributed by atoms with Crippen LogP contribution in [-0.2, 0) is 6.42 Å². The van der Waals surface area contributed by atoms with Gasteiger partial charge >= 0.3 is 0 Å². The fourth-order valence-electron chi connectivity index (χ4n) is 2.43. The molecule has 0 radical (unpaired) electrons. The Labute approximate surface area is 137 Å². The minimum absolute atomic E-state index is 0.247. The van der Waals surface area contributed by atoms with Crippen molar-refractivity contribution in [2.24, 2.45) is 0 Å². The van der Waals surface area contributed by atoms with E-state index < -0.39 is 12.4 Å². The average molecular weight is 315 g/mol. The van der Waals surface area contributed by atoms with Crippen LogP contribution in [0.2, 0.25) is 0 Å². The molecule has 4 heteroatoms. The van der Waals surface area contributed by atoms with Gasteiger partial charge in [-0.05, 0) is 43.5 Å². The van der Waals surface area contributed by atoms with Crippen molar-refractivity contribution in [2.75, 3.05) is 6.54 Å². The molecule has 2 aromatic rings. The molecule has 0 bridgehead atoms. The molecule has 23 heavy (non-hydrogen) atoms. The molecule has 0 heterocycles. The van der Waals surface area contributed by atoms with E-state index in [2.05, 4.69) is 12.2 Å². The molecule has 0 aliphatic carbocycles. The van der Waals surface area contributed by atoms with Gasteiger partial charge in [0.15, 0.2) is 6.29 Å². The second-order valence-corrected chi connectivity index (χ2v) is 5.80. The summed E-state index contributed by atoms with van der Waals surface area (Å²) in [6, 6.07) is 17.6. The van der Waals surface area contributed by atoms with Crippen LogP contribution >= 0.6 is 0 Å². The molecule has 0 amide bonds. The highest BCUT2D eigenvalue weighted by Crippen LogP contribution is 2.15. The van der Waals surface area contributed by atoms with Crippen LogP contribution in [0.5, 0.6) is 5.75 Å². The second kappa shape index (κ2) is 8.67. The number of nitrogens with one attached hydrogen (secondary N) is 1. The lowest BCUT2D eigenvalue weighted by Crippen LogP contribution is -2.32. The minimum atomic E-state index is -0.805. The van der Waals surface area contributed by atoms with Gasteiger partial charge in [0.1, 0.15) is 5.75 Å². The van der Waals surface area contributed by atoms with Crippen LogP contribution in [0.4, 0.5) is 0 Å². The van der Waals surface area contributed by atoms with Crippen molar-refractivity contribution in [3.63, 3.8) is 0 Å². The fraction of sp³-hybridized carbons (Fsp3) is 0.368. The zero-order valence-electron chi connectivity index (χ0n) is 13.6. The third-order valence-electron chi connectivity index (χ3n) is 3.62. The maximum atomic E-state index is 10.2. The molecular formula is C19H25NO3. The predicted molar refractivity (Wildman–Crippen MR) is 91.3 cm³/mol. The van der Waals surface area contributed by atoms with E-state index in [1.165, 1.54) is 5.56 Å². The summed E-state index contributed by atoms with van der Waals surface area (Å²) in [6.07, 6.45) is -0.447. The van der Waals surface area contributed by atoms with Crippen LogP contribution < -0.4 is 10.1 Å². The lowest BCUT2D eigenvalue weighted by atomic mass is 10.1. The van der Waals surface area contributed by atoms with E-state index in [1.807, 2.05) is 54.6 Å². The first-order chi connectivity index (χ1) is 11.0. The van der Waals surface area contributed by atoms with E-state index in [0.29, 0.717) is 12.3 Å². The maximum Gasteiger partial charge on any atom is 0.194 e. The normalized spacial score (nSPS) is 15.0. The summed E-state index contributed by atoms with van der Waals surface area (Å²) in [6.45, 7) is 4.20. The molecule has 0 fully saturated rings. The first kappa shape index (κ1) is 17.5. The van der Waals surface area contributed by atoms with E-state index in [4.69, 9.17) is 4.74 Å². The molecule has 0 aliphatic heterocycles. The van der Waals surface area contributed by atoms with E-state index in [-0.39, 0.29) is 6.04 Å². The quantitative estimate of drug-likeness (QED) is 0.655. The molecule has 2 aromatic carbocycles. The van der Waals surface area contributed by atoms with Gasteiger partial charge in [0, 0.05) is 12.6 Å². The van der Waals surface area contributed by atoms with Crippen molar-refractivity contribution in [3.8, 4) is 5.75 Å². The van der Waals surface area contributed by atoms with Gasteiger partial charge < -0.3 is 20.3 Å². The fourth-order valence-corrected chi connectivity index (χ4v) is 2.43. The summed E-state index contributed by atoms with van der Waals surface area (Å²) >= 11 is 0. The third-order valence-corrected chi connectivity index (χ3v) is 3.62. The number of aliphatic hydroxyl groups is 2. The second-order valence-electron chi connectivity index (χ2n) is 5.80. The largest absolute Gasteiger partial charge is 0.465 e. The molecular weight excluding hydrogens is 290 g/mol. The van der Waals surface area contributed by atoms with Crippen LogP contribution in [0, 0.1) is 0 Å². The lowest BCUT2D eigenvalue weighted by molar-refractivity contribution is -0.000306. The van der Waals surface area contributed by atoms with Gasteiger partial charge in [0.25, 0.3) is 0 Å². The van der Waals surface area contributed by atoms with Crippen molar-refractivity contribution in [1.82, 2.24) is 5.32 Å². The summed E-state index contributed by atoms with van der Waals surface area (Å²) in [4.78, 5) is 0. The maximum absolute atomic E-state index is 10.2. The highest BCUT2D eigenvalue weighted by Gasteiger charge is 2.09. The Hall–Kier alpha value is -1.88. The minimum Gasteiger partial charge on any atom is -0.465 e. The predicted octanol–water partition coefficient (Wildman–Crippen LogP) is 2.66. The Bertz CT molecular complexity index is 569. The lowest BCUT2D eigenvalue weighted by Gasteiger charge is -2.18. The molecule has 3 atom stereocenters. The van der Waals surface area contributed by atoms with Crippen molar-refractivity contribution in [3.05, 3.63) is 65.7 Å². The average Bonchev–Trinajstić information content (AvgIpc) is 2.55. The van der Waals surface area contributed by atoms with E-state index in [1.54, 1.807) is 6.92 Å². The summed E-state index contributed by atoms with van der Waals surface area (Å²) in [5, 5.41) is 22.7. The van der Waals surface area contributed by atoms with Crippen molar-refractivity contribution < 1.29 is 14.9 Å². The zero-order chi connectivity index (χ0) is 16.7. The third kappa shape index (κ3) is 6.02. The molecule has 0 spiro atoms. The highest BCUT2D eigenvalue weighted by molar-refractivity contribution is 5.27. The number of hydrogen-bond donors (Lipinski definition) is 3. The first-order valence-corrected chi connectivity index (χ1v) is 7.94. The van der Waals surface area contributed by atoms with E-state index >= 15 is 0 Å². The summed E-state index contributed by atoms with van der Waals surface area (Å²) < 4.78 is 5.21. The molecule has 2 rings (SSSR count). The van der Waals surface area contributed by atoms with Gasteiger partial charge in [-0.3, -0.25) is 0 Å². The van der Waals surface area contributed by atoms with Gasteiger partial charge in [0.2, 0.25) is 0 Å². The molecule has 124 valence electrons. The van der Waals surface area contributed by atoms with Crippen LogP contribution in [-0.4, -0.2) is 29.1 Å². The Morgan fingerprint density at radius 3 is 2.22 bits per heavy atom. The summed E-state index contributed by atoms with van der Waals surface area (Å²) in [7, 11) is 0. The van der Waals surface area contributed by atoms with Crippen LogP contribution in [0.25, 0.3) is 0 Å². The van der Waals surface area contributed by atoms with Gasteiger partial charge in [0.05, 0.1) is 6.10 Å². The Balaban J connectivity index is 1.79. The van der Waals surface area contributed by atoms with Crippen LogP contribution in [0.1, 0.15) is 31.1 Å². The number of hydrogen-bond acceptors (Lipinski definition) is 4. The number of ether oxygens (including phenoxy) is 1. The Kier molecular flexibility index (Phi) is 6.59. The van der Waals surface area contributed by atoms with Crippen molar-refractivity contribution in [1.29, 1.82) is 0 Å². The number of benzene rings is 2. The Morgan fingerprint density at radius 1 is 0.957 bits per heavy atom. The van der Waals surface area contributed by atoms with Gasteiger partial charge in [-0.25, -0.2) is 0 Å².